The van der Waals surface area contributed by atoms with Gasteiger partial charge in [0.2, 0.25) is 5.78 Å². The lowest BCUT2D eigenvalue weighted by molar-refractivity contribution is 0.0861. The monoisotopic (exact) mass is 430 g/mol. The first-order valence-corrected chi connectivity index (χ1v) is 10.2. The van der Waals surface area contributed by atoms with Gasteiger partial charge in [-0.25, -0.2) is 0 Å². The molecule has 2 aliphatic rings. The van der Waals surface area contributed by atoms with Crippen molar-refractivity contribution in [2.45, 2.75) is 13.1 Å². The van der Waals surface area contributed by atoms with Crippen LogP contribution in [0.4, 0.5) is 0 Å². The van der Waals surface area contributed by atoms with E-state index in [2.05, 4.69) is 9.88 Å². The van der Waals surface area contributed by atoms with E-state index in [0.29, 0.717) is 42.6 Å². The van der Waals surface area contributed by atoms with Crippen molar-refractivity contribution >= 4 is 11.9 Å². The molecule has 0 saturated carbocycles. The number of rotatable bonds is 5. The molecular weight excluding hydrogens is 408 g/mol. The van der Waals surface area contributed by atoms with E-state index in [4.69, 9.17) is 18.9 Å². The Morgan fingerprint density at radius 2 is 1.97 bits per heavy atom. The SMILES string of the molecule is COc1ccc(C=C2Oc3c(ccc4c3CN(Cc3ccccn3)CO4)C2=O)cc1OC. The number of hydrogen-bond donors (Lipinski definition) is 0. The number of pyridine rings is 1. The van der Waals surface area contributed by atoms with E-state index < -0.39 is 0 Å². The molecule has 7 nitrogen and oxygen atoms in total. The molecule has 0 atom stereocenters. The predicted octanol–water partition coefficient (Wildman–Crippen LogP) is 4.07. The number of methoxy groups -OCH3 is 2. The highest BCUT2D eigenvalue weighted by molar-refractivity contribution is 6.15. The Kier molecular flexibility index (Phi) is 5.25. The molecule has 7 heteroatoms. The highest BCUT2D eigenvalue weighted by Gasteiger charge is 2.33. The molecule has 2 aromatic carbocycles. The first kappa shape index (κ1) is 20.1. The van der Waals surface area contributed by atoms with Crippen LogP contribution in [-0.2, 0) is 13.1 Å². The number of carbonyl (C=O) groups excluding carboxylic acids is 1. The van der Waals surface area contributed by atoms with Crippen molar-refractivity contribution in [2.75, 3.05) is 21.0 Å². The quantitative estimate of drug-likeness (QED) is 0.565. The number of ether oxygens (including phenoxy) is 4. The second-order valence-corrected chi connectivity index (χ2v) is 7.55. The van der Waals surface area contributed by atoms with E-state index in [1.165, 1.54) is 0 Å². The van der Waals surface area contributed by atoms with Crippen molar-refractivity contribution < 1.29 is 23.7 Å². The second kappa shape index (κ2) is 8.36. The Morgan fingerprint density at radius 3 is 2.75 bits per heavy atom. The van der Waals surface area contributed by atoms with E-state index in [-0.39, 0.29) is 11.5 Å². The molecule has 162 valence electrons. The Hall–Kier alpha value is -3.84. The molecule has 0 N–H and O–H groups in total. The predicted molar refractivity (Wildman–Crippen MR) is 118 cm³/mol. The topological polar surface area (TPSA) is 70.1 Å². The first-order chi connectivity index (χ1) is 15.7. The van der Waals surface area contributed by atoms with Crippen LogP contribution in [-0.4, -0.2) is 36.6 Å². The van der Waals surface area contributed by atoms with Crippen LogP contribution >= 0.6 is 0 Å². The number of ketones is 1. The zero-order valence-corrected chi connectivity index (χ0v) is 17.8. The Morgan fingerprint density at radius 1 is 1.09 bits per heavy atom. The normalized spacial score (nSPS) is 16.2. The maximum Gasteiger partial charge on any atom is 0.231 e. The molecule has 0 aliphatic carbocycles. The van der Waals surface area contributed by atoms with E-state index in [1.54, 1.807) is 44.7 Å². The Labute approximate surface area is 185 Å². The van der Waals surface area contributed by atoms with Crippen molar-refractivity contribution in [2.24, 2.45) is 0 Å². The van der Waals surface area contributed by atoms with Crippen LogP contribution in [0.3, 0.4) is 0 Å². The minimum atomic E-state index is -0.153. The molecular formula is C25H22N2O5. The van der Waals surface area contributed by atoms with Gasteiger partial charge in [0, 0.05) is 19.3 Å². The number of nitrogens with zero attached hydrogens (tertiary/aromatic N) is 2. The van der Waals surface area contributed by atoms with Crippen molar-refractivity contribution in [3.63, 3.8) is 0 Å². The van der Waals surface area contributed by atoms with Crippen molar-refractivity contribution in [1.29, 1.82) is 0 Å². The lowest BCUT2D eigenvalue weighted by Crippen LogP contribution is -2.32. The van der Waals surface area contributed by atoms with Gasteiger partial charge in [-0.2, -0.15) is 0 Å². The van der Waals surface area contributed by atoms with Gasteiger partial charge >= 0.3 is 0 Å². The van der Waals surface area contributed by atoms with Gasteiger partial charge < -0.3 is 18.9 Å². The maximum atomic E-state index is 13.0. The van der Waals surface area contributed by atoms with E-state index >= 15 is 0 Å². The van der Waals surface area contributed by atoms with Crippen LogP contribution in [0.15, 0.2) is 60.5 Å². The number of hydrogen-bond acceptors (Lipinski definition) is 7. The number of benzene rings is 2. The molecule has 2 aliphatic heterocycles. The van der Waals surface area contributed by atoms with Crippen LogP contribution in [0.2, 0.25) is 0 Å². The summed E-state index contributed by atoms with van der Waals surface area (Å²) < 4.78 is 22.6. The molecule has 0 radical (unpaired) electrons. The van der Waals surface area contributed by atoms with Gasteiger partial charge in [-0.15, -0.1) is 0 Å². The third-order valence-electron chi connectivity index (χ3n) is 5.50. The molecule has 3 aromatic rings. The summed E-state index contributed by atoms with van der Waals surface area (Å²) in [6.45, 7) is 1.70. The Bertz CT molecular complexity index is 1210. The summed E-state index contributed by atoms with van der Waals surface area (Å²) in [5, 5.41) is 0. The summed E-state index contributed by atoms with van der Waals surface area (Å²) in [5.41, 5.74) is 3.14. The molecule has 0 fully saturated rings. The van der Waals surface area contributed by atoms with Crippen molar-refractivity contribution in [3.05, 3.63) is 82.9 Å². The lowest BCUT2D eigenvalue weighted by atomic mass is 10.0. The second-order valence-electron chi connectivity index (χ2n) is 7.55. The number of Topliss-reactive ketones (excluding diaryl/α,β-unsaturated/α-hetero) is 1. The van der Waals surface area contributed by atoms with Crippen LogP contribution in [0.25, 0.3) is 6.08 Å². The van der Waals surface area contributed by atoms with Gasteiger partial charge in [-0.3, -0.25) is 14.7 Å². The summed E-state index contributed by atoms with van der Waals surface area (Å²) in [6, 6.07) is 14.9. The highest BCUT2D eigenvalue weighted by Crippen LogP contribution is 2.42. The zero-order chi connectivity index (χ0) is 22.1. The lowest BCUT2D eigenvalue weighted by Gasteiger charge is -2.29. The summed E-state index contributed by atoms with van der Waals surface area (Å²) in [5.74, 6) is 2.62. The molecule has 0 spiro atoms. The largest absolute Gasteiger partial charge is 0.493 e. The number of aromatic nitrogens is 1. The molecule has 0 amide bonds. The van der Waals surface area contributed by atoms with E-state index in [1.807, 2.05) is 30.3 Å². The van der Waals surface area contributed by atoms with Gasteiger partial charge in [0.05, 0.1) is 31.0 Å². The van der Waals surface area contributed by atoms with Crippen LogP contribution in [0.1, 0.15) is 27.2 Å². The molecule has 1 aromatic heterocycles. The van der Waals surface area contributed by atoms with Gasteiger partial charge in [-0.1, -0.05) is 12.1 Å². The highest BCUT2D eigenvalue weighted by atomic mass is 16.5. The third kappa shape index (κ3) is 3.67. The summed E-state index contributed by atoms with van der Waals surface area (Å²) in [6.07, 6.45) is 3.49. The average molecular weight is 430 g/mol. The molecule has 0 bridgehead atoms. The van der Waals surface area contributed by atoms with Crippen molar-refractivity contribution in [3.8, 4) is 23.0 Å². The first-order valence-electron chi connectivity index (χ1n) is 10.2. The van der Waals surface area contributed by atoms with Gasteiger partial charge in [-0.05, 0) is 48.0 Å². The molecule has 0 unspecified atom stereocenters. The number of allylic oxidation sites excluding steroid dienone is 1. The van der Waals surface area contributed by atoms with Crippen molar-refractivity contribution in [1.82, 2.24) is 9.88 Å². The van der Waals surface area contributed by atoms with E-state index in [9.17, 15) is 4.79 Å². The fourth-order valence-corrected chi connectivity index (χ4v) is 3.92. The smallest absolute Gasteiger partial charge is 0.231 e. The summed E-state index contributed by atoms with van der Waals surface area (Å²) in [4.78, 5) is 19.5. The van der Waals surface area contributed by atoms with Gasteiger partial charge in [0.1, 0.15) is 18.2 Å². The Balaban J connectivity index is 1.42. The molecule has 5 rings (SSSR count). The molecule has 3 heterocycles. The van der Waals surface area contributed by atoms with Crippen LogP contribution in [0.5, 0.6) is 23.0 Å². The van der Waals surface area contributed by atoms with E-state index in [0.717, 1.165) is 22.6 Å². The molecule has 0 saturated heterocycles. The summed E-state index contributed by atoms with van der Waals surface area (Å²) in [7, 11) is 3.16. The fourth-order valence-electron chi connectivity index (χ4n) is 3.92. The maximum absolute atomic E-state index is 13.0. The minimum Gasteiger partial charge on any atom is -0.493 e. The summed E-state index contributed by atoms with van der Waals surface area (Å²) >= 11 is 0. The van der Waals surface area contributed by atoms with Gasteiger partial charge in [0.25, 0.3) is 0 Å². The molecule has 32 heavy (non-hydrogen) atoms. The number of fused-ring (bicyclic) bond motifs is 3. The third-order valence-corrected chi connectivity index (χ3v) is 5.50. The number of carbonyl (C=O) groups is 1. The standard InChI is InChI=1S/C25H22N2O5/c1-29-21-8-6-16(11-22(21)30-2)12-23-24(28)18-7-9-20-19(25(18)32-23)14-27(15-31-20)13-17-5-3-4-10-26-17/h3-12H,13-15H2,1-2H3. The van der Waals surface area contributed by atoms with Crippen LogP contribution < -0.4 is 18.9 Å². The minimum absolute atomic E-state index is 0.153. The zero-order valence-electron chi connectivity index (χ0n) is 17.8. The van der Waals surface area contributed by atoms with Crippen LogP contribution in [0, 0.1) is 0 Å². The van der Waals surface area contributed by atoms with Gasteiger partial charge in [0.15, 0.2) is 17.3 Å². The fraction of sp³-hybridized carbons (Fsp3) is 0.200. The average Bonchev–Trinajstić information content (AvgIpc) is 3.15.